The maximum absolute atomic E-state index is 11.6. The van der Waals surface area contributed by atoms with Crippen molar-refractivity contribution >= 4 is 12.1 Å². The zero-order valence-electron chi connectivity index (χ0n) is 10.1. The van der Waals surface area contributed by atoms with E-state index in [0.717, 1.165) is 12.8 Å². The number of methoxy groups -OCH3 is 1. The summed E-state index contributed by atoms with van der Waals surface area (Å²) in [5, 5.41) is 8.86. The Morgan fingerprint density at radius 2 is 2.24 bits per heavy atom. The number of likely N-dealkylation sites (tertiary alicyclic amines) is 1. The fourth-order valence-electron chi connectivity index (χ4n) is 1.92. The van der Waals surface area contributed by atoms with Crippen molar-refractivity contribution in [2.45, 2.75) is 19.3 Å². The Bertz CT molecular complexity index is 267. The van der Waals surface area contributed by atoms with Gasteiger partial charge >= 0.3 is 12.1 Å². The van der Waals surface area contributed by atoms with E-state index in [-0.39, 0.29) is 13.2 Å². The van der Waals surface area contributed by atoms with Gasteiger partial charge < -0.3 is 19.5 Å². The molecular formula is C11H19NO5. The topological polar surface area (TPSA) is 76.1 Å². The van der Waals surface area contributed by atoms with Gasteiger partial charge in [-0.2, -0.15) is 0 Å². The molecule has 1 saturated heterocycles. The van der Waals surface area contributed by atoms with Crippen LogP contribution < -0.4 is 0 Å². The van der Waals surface area contributed by atoms with E-state index in [1.807, 2.05) is 0 Å². The Morgan fingerprint density at radius 1 is 1.47 bits per heavy atom. The van der Waals surface area contributed by atoms with Crippen LogP contribution in [0.2, 0.25) is 0 Å². The van der Waals surface area contributed by atoms with Crippen LogP contribution in [0.4, 0.5) is 4.79 Å². The van der Waals surface area contributed by atoms with Gasteiger partial charge in [-0.05, 0) is 25.2 Å². The maximum atomic E-state index is 11.6. The monoisotopic (exact) mass is 245 g/mol. The van der Waals surface area contributed by atoms with Crippen LogP contribution in [0.25, 0.3) is 0 Å². The highest BCUT2D eigenvalue weighted by Crippen LogP contribution is 2.19. The normalized spacial score (nSPS) is 19.9. The molecule has 0 aromatic carbocycles. The number of ether oxygens (including phenoxy) is 2. The molecule has 1 rings (SSSR count). The number of carbonyl (C=O) groups is 2. The van der Waals surface area contributed by atoms with E-state index in [4.69, 9.17) is 9.84 Å². The Kier molecular flexibility index (Phi) is 5.76. The van der Waals surface area contributed by atoms with Gasteiger partial charge in [0.05, 0.1) is 7.11 Å². The van der Waals surface area contributed by atoms with Crippen LogP contribution in [0.1, 0.15) is 19.3 Å². The van der Waals surface area contributed by atoms with Gasteiger partial charge in [0.2, 0.25) is 0 Å². The summed E-state index contributed by atoms with van der Waals surface area (Å²) in [6, 6.07) is 0. The minimum Gasteiger partial charge on any atom is -0.466 e. The van der Waals surface area contributed by atoms with Crippen LogP contribution in [0.3, 0.4) is 0 Å². The quantitative estimate of drug-likeness (QED) is 0.725. The average Bonchev–Trinajstić information content (AvgIpc) is 2.36. The van der Waals surface area contributed by atoms with E-state index in [1.165, 1.54) is 7.11 Å². The van der Waals surface area contributed by atoms with Crippen LogP contribution in [-0.4, -0.2) is 55.5 Å². The highest BCUT2D eigenvalue weighted by Gasteiger charge is 2.24. The first-order chi connectivity index (χ1) is 8.17. The highest BCUT2D eigenvalue weighted by atomic mass is 16.6. The number of hydrogen-bond donors (Lipinski definition) is 1. The van der Waals surface area contributed by atoms with E-state index in [0.29, 0.717) is 25.4 Å². The molecule has 0 aliphatic carbocycles. The van der Waals surface area contributed by atoms with Crippen molar-refractivity contribution in [2.24, 2.45) is 5.92 Å². The Balaban J connectivity index is 2.33. The van der Waals surface area contributed by atoms with E-state index >= 15 is 0 Å². The van der Waals surface area contributed by atoms with Crippen LogP contribution >= 0.6 is 0 Å². The first-order valence-corrected chi connectivity index (χ1v) is 5.76. The van der Waals surface area contributed by atoms with E-state index in [2.05, 4.69) is 4.74 Å². The lowest BCUT2D eigenvalue weighted by molar-refractivity contribution is -0.144. The predicted molar refractivity (Wildman–Crippen MR) is 59.4 cm³/mol. The van der Waals surface area contributed by atoms with E-state index < -0.39 is 12.1 Å². The zero-order chi connectivity index (χ0) is 12.7. The number of piperidine rings is 1. The summed E-state index contributed by atoms with van der Waals surface area (Å²) in [5.41, 5.74) is 0. The molecule has 1 atom stereocenters. The van der Waals surface area contributed by atoms with Gasteiger partial charge in [0.1, 0.15) is 0 Å². The molecule has 98 valence electrons. The Morgan fingerprint density at radius 3 is 2.88 bits per heavy atom. The molecule has 6 nitrogen and oxygen atoms in total. The fraction of sp³-hybridized carbons (Fsp3) is 0.818. The minimum atomic E-state index is -0.567. The van der Waals surface area contributed by atoms with Gasteiger partial charge in [0.25, 0.3) is 0 Å². The van der Waals surface area contributed by atoms with Crippen molar-refractivity contribution in [2.75, 3.05) is 33.4 Å². The summed E-state index contributed by atoms with van der Waals surface area (Å²) in [7, 11) is 1.24. The third-order valence-corrected chi connectivity index (χ3v) is 2.86. The van der Waals surface area contributed by atoms with E-state index in [1.54, 1.807) is 4.90 Å². The molecule has 0 aromatic heterocycles. The Labute approximate surface area is 100 Å². The van der Waals surface area contributed by atoms with Crippen LogP contribution in [0, 0.1) is 5.92 Å². The Hall–Kier alpha value is -1.30. The van der Waals surface area contributed by atoms with Crippen molar-refractivity contribution in [3.63, 3.8) is 0 Å². The summed E-state index contributed by atoms with van der Waals surface area (Å²) in [4.78, 5) is 24.0. The number of aliphatic hydroxyl groups is 1. The summed E-state index contributed by atoms with van der Waals surface area (Å²) in [6.07, 6.45) is 2.12. The molecule has 0 radical (unpaired) electrons. The van der Waals surface area contributed by atoms with Crippen molar-refractivity contribution in [1.29, 1.82) is 0 Å². The molecule has 17 heavy (non-hydrogen) atoms. The van der Waals surface area contributed by atoms with Gasteiger partial charge in [-0.1, -0.05) is 0 Å². The van der Waals surface area contributed by atoms with Crippen molar-refractivity contribution < 1.29 is 24.2 Å². The zero-order valence-corrected chi connectivity index (χ0v) is 10.1. The van der Waals surface area contributed by atoms with Gasteiger partial charge in [-0.3, -0.25) is 0 Å². The molecule has 0 spiro atoms. The second-order valence-corrected chi connectivity index (χ2v) is 4.10. The molecule has 1 heterocycles. The van der Waals surface area contributed by atoms with Gasteiger partial charge in [0, 0.05) is 19.7 Å². The second kappa shape index (κ2) is 7.11. The largest absolute Gasteiger partial charge is 0.466 e. The lowest BCUT2D eigenvalue weighted by atomic mass is 9.95. The van der Waals surface area contributed by atoms with Crippen molar-refractivity contribution in [3.8, 4) is 0 Å². The standard InChI is InChI=1S/C11H19NO5/c1-16-10(14)8-17-11(15)12-5-2-3-9(7-12)4-6-13/h9,13H,2-8H2,1H3. The van der Waals surface area contributed by atoms with Crippen molar-refractivity contribution in [1.82, 2.24) is 4.90 Å². The predicted octanol–water partition coefficient (Wildman–Crippen LogP) is 0.390. The molecule has 0 bridgehead atoms. The van der Waals surface area contributed by atoms with Crippen LogP contribution in [-0.2, 0) is 14.3 Å². The number of rotatable bonds is 4. The average molecular weight is 245 g/mol. The summed E-state index contributed by atoms with van der Waals surface area (Å²) in [6.45, 7) is 1.01. The number of hydrogen-bond acceptors (Lipinski definition) is 5. The highest BCUT2D eigenvalue weighted by molar-refractivity contribution is 5.75. The number of esters is 1. The molecular weight excluding hydrogens is 226 g/mol. The van der Waals surface area contributed by atoms with Gasteiger partial charge in [-0.25, -0.2) is 9.59 Å². The molecule has 1 fully saturated rings. The van der Waals surface area contributed by atoms with E-state index in [9.17, 15) is 9.59 Å². The lowest BCUT2D eigenvalue weighted by Crippen LogP contribution is -2.41. The molecule has 1 N–H and O–H groups in total. The second-order valence-electron chi connectivity index (χ2n) is 4.10. The molecule has 0 saturated carbocycles. The molecule has 1 aliphatic rings. The fourth-order valence-corrected chi connectivity index (χ4v) is 1.92. The number of amides is 1. The lowest BCUT2D eigenvalue weighted by Gasteiger charge is -2.31. The SMILES string of the molecule is COC(=O)COC(=O)N1CCCC(CCO)C1. The molecule has 6 heteroatoms. The molecule has 1 amide bonds. The molecule has 0 aromatic rings. The minimum absolute atomic E-state index is 0.135. The number of nitrogens with zero attached hydrogens (tertiary/aromatic N) is 1. The van der Waals surface area contributed by atoms with Gasteiger partial charge in [0.15, 0.2) is 6.61 Å². The molecule has 1 aliphatic heterocycles. The number of carbonyl (C=O) groups excluding carboxylic acids is 2. The summed E-state index contributed by atoms with van der Waals surface area (Å²) >= 11 is 0. The number of aliphatic hydroxyl groups excluding tert-OH is 1. The maximum Gasteiger partial charge on any atom is 0.410 e. The smallest absolute Gasteiger partial charge is 0.410 e. The van der Waals surface area contributed by atoms with Crippen LogP contribution in [0.15, 0.2) is 0 Å². The first kappa shape index (κ1) is 13.8. The van der Waals surface area contributed by atoms with Gasteiger partial charge in [-0.15, -0.1) is 0 Å². The third kappa shape index (κ3) is 4.60. The molecule has 1 unspecified atom stereocenters. The summed E-state index contributed by atoms with van der Waals surface area (Å²) in [5.74, 6) is -0.248. The van der Waals surface area contributed by atoms with Crippen LogP contribution in [0.5, 0.6) is 0 Å². The third-order valence-electron chi connectivity index (χ3n) is 2.86. The first-order valence-electron chi connectivity index (χ1n) is 5.76. The summed E-state index contributed by atoms with van der Waals surface area (Å²) < 4.78 is 9.19. The van der Waals surface area contributed by atoms with Crippen molar-refractivity contribution in [3.05, 3.63) is 0 Å².